The van der Waals surface area contributed by atoms with Gasteiger partial charge in [-0.1, -0.05) is 19.1 Å². The number of esters is 1. The van der Waals surface area contributed by atoms with Crippen molar-refractivity contribution in [1.82, 2.24) is 5.32 Å². The number of rotatable bonds is 18. The maximum atomic E-state index is 12.1. The number of aliphatic hydroxyl groups excluding tert-OH is 3. The van der Waals surface area contributed by atoms with E-state index in [2.05, 4.69) is 17.2 Å². The predicted octanol–water partition coefficient (Wildman–Crippen LogP) is -0.170. The molecule has 0 spiro atoms. The van der Waals surface area contributed by atoms with Gasteiger partial charge in [-0.05, 0) is 30.5 Å². The van der Waals surface area contributed by atoms with Gasteiger partial charge in [0.2, 0.25) is 12.2 Å². The zero-order valence-corrected chi connectivity index (χ0v) is 24.4. The minimum Gasteiger partial charge on any atom is -0.479 e. The summed E-state index contributed by atoms with van der Waals surface area (Å²) in [6.45, 7) is 4.42. The molecule has 15 nitrogen and oxygen atoms in total. The highest BCUT2D eigenvalue weighted by molar-refractivity contribution is 7.94. The lowest BCUT2D eigenvalue weighted by Crippen LogP contribution is -2.58. The van der Waals surface area contributed by atoms with E-state index in [9.17, 15) is 48.0 Å². The van der Waals surface area contributed by atoms with Gasteiger partial charge in [-0.25, -0.2) is 13.2 Å². The first-order chi connectivity index (χ1) is 20.3. The quantitative estimate of drug-likeness (QED) is 0.0535. The van der Waals surface area contributed by atoms with Gasteiger partial charge in [0.15, 0.2) is 15.9 Å². The average Bonchev–Trinajstić information content (AvgIpc) is 2.94. The molecule has 6 atom stereocenters. The van der Waals surface area contributed by atoms with Crippen LogP contribution in [0.15, 0.2) is 30.2 Å². The molecule has 1 saturated heterocycles. The normalized spacial score (nSPS) is 22.6. The van der Waals surface area contributed by atoms with E-state index in [-0.39, 0.29) is 55.4 Å². The second kappa shape index (κ2) is 16.9. The van der Waals surface area contributed by atoms with Gasteiger partial charge in [0.05, 0.1) is 17.4 Å². The molecule has 0 aliphatic carbocycles. The van der Waals surface area contributed by atoms with Gasteiger partial charge < -0.3 is 50.1 Å². The number of anilines is 1. The first kappa shape index (κ1) is 35.6. The number of sulfone groups is 1. The summed E-state index contributed by atoms with van der Waals surface area (Å²) in [5, 5.41) is 46.9. The molecule has 0 saturated carbocycles. The van der Waals surface area contributed by atoms with E-state index in [1.165, 1.54) is 25.1 Å². The van der Waals surface area contributed by atoms with Gasteiger partial charge in [-0.15, -0.1) is 0 Å². The van der Waals surface area contributed by atoms with Crippen molar-refractivity contribution in [3.63, 3.8) is 0 Å². The minimum atomic E-state index is -3.28. The summed E-state index contributed by atoms with van der Waals surface area (Å²) in [7, 11) is -3.28. The lowest BCUT2D eigenvalue weighted by Gasteiger charge is -2.38. The molecule has 1 amide bonds. The molecule has 6 N–H and O–H groups in total. The molecule has 240 valence electrons. The van der Waals surface area contributed by atoms with E-state index in [1.54, 1.807) is 0 Å². The lowest BCUT2D eigenvalue weighted by atomic mass is 9.90. The van der Waals surface area contributed by atoms with Crippen LogP contribution in [0.5, 0.6) is 5.75 Å². The number of carbonyl (C=O) groups is 4. The van der Waals surface area contributed by atoms with E-state index in [4.69, 9.17) is 14.2 Å². The fraction of sp³-hybridized carbons (Fsp3) is 0.556. The highest BCUT2D eigenvalue weighted by Crippen LogP contribution is 2.32. The smallest absolute Gasteiger partial charge is 0.335 e. The second-order valence-corrected chi connectivity index (χ2v) is 11.9. The van der Waals surface area contributed by atoms with Gasteiger partial charge in [0, 0.05) is 31.7 Å². The molecular weight excluding hydrogens is 592 g/mol. The number of hydrogen-bond acceptors (Lipinski definition) is 13. The van der Waals surface area contributed by atoms with Crippen LogP contribution >= 0.6 is 0 Å². The summed E-state index contributed by atoms with van der Waals surface area (Å²) in [5.41, 5.74) is 0.593. The van der Waals surface area contributed by atoms with Gasteiger partial charge in [-0.3, -0.25) is 9.59 Å². The van der Waals surface area contributed by atoms with Crippen molar-refractivity contribution in [2.75, 3.05) is 17.6 Å². The number of hydrogen-bond donors (Lipinski definition) is 6. The molecule has 0 radical (unpaired) electrons. The summed E-state index contributed by atoms with van der Waals surface area (Å²) >= 11 is 0. The Kier molecular flexibility index (Phi) is 14.0. The molecule has 2 rings (SSSR count). The number of carboxylic acids is 1. The van der Waals surface area contributed by atoms with Crippen molar-refractivity contribution in [3.05, 3.63) is 35.7 Å². The van der Waals surface area contributed by atoms with Gasteiger partial charge in [0.1, 0.15) is 37.1 Å². The van der Waals surface area contributed by atoms with Crippen LogP contribution in [0.4, 0.5) is 5.69 Å². The lowest BCUT2D eigenvalue weighted by molar-refractivity contribution is -0.252. The maximum absolute atomic E-state index is 12.1. The zero-order valence-electron chi connectivity index (χ0n) is 23.6. The number of benzene rings is 1. The monoisotopic (exact) mass is 630 g/mol. The first-order valence-electron chi connectivity index (χ1n) is 13.5. The van der Waals surface area contributed by atoms with Crippen LogP contribution in [-0.2, 0) is 45.1 Å². The van der Waals surface area contributed by atoms with E-state index >= 15 is 0 Å². The van der Waals surface area contributed by atoms with Crippen molar-refractivity contribution in [2.45, 2.75) is 76.5 Å². The number of aliphatic hydroxyl groups is 3. The maximum Gasteiger partial charge on any atom is 0.335 e. The van der Waals surface area contributed by atoms with Crippen LogP contribution in [0.3, 0.4) is 0 Å². The van der Waals surface area contributed by atoms with Crippen molar-refractivity contribution in [2.24, 2.45) is 5.92 Å². The minimum absolute atomic E-state index is 0.0278. The SMILES string of the molecule is C=CS(=O)(=O)CCCCCC(=O)NCCC(O)Nc1cc(COC(C)=O)ccc1O[C@@H]1O[C@H](C(=O)O)[C@@H](O)[C@H](C=O)[C@H]1O. The number of nitrogens with one attached hydrogen (secondary N) is 2. The summed E-state index contributed by atoms with van der Waals surface area (Å²) in [5.74, 6) is -3.99. The zero-order chi connectivity index (χ0) is 32.2. The molecule has 1 aliphatic rings. The van der Waals surface area contributed by atoms with Crippen LogP contribution in [0.1, 0.15) is 44.6 Å². The van der Waals surface area contributed by atoms with Crippen molar-refractivity contribution >= 4 is 39.7 Å². The first-order valence-corrected chi connectivity index (χ1v) is 15.2. The third kappa shape index (κ3) is 11.6. The predicted molar refractivity (Wildman–Crippen MR) is 150 cm³/mol. The number of amides is 1. The fourth-order valence-electron chi connectivity index (χ4n) is 4.08. The molecule has 0 aromatic heterocycles. The summed E-state index contributed by atoms with van der Waals surface area (Å²) in [6.07, 6.45) is -6.52. The number of carbonyl (C=O) groups excluding carboxylic acids is 3. The number of ether oxygens (including phenoxy) is 3. The summed E-state index contributed by atoms with van der Waals surface area (Å²) in [6, 6.07) is 4.34. The highest BCUT2D eigenvalue weighted by Gasteiger charge is 2.48. The molecular formula is C27H38N2O13S. The third-order valence-electron chi connectivity index (χ3n) is 6.44. The molecule has 1 fully saturated rings. The molecule has 1 aromatic carbocycles. The number of carboxylic acid groups (broad SMARTS) is 1. The molecule has 1 heterocycles. The van der Waals surface area contributed by atoms with Gasteiger partial charge in [0.25, 0.3) is 0 Å². The van der Waals surface area contributed by atoms with Crippen LogP contribution in [0, 0.1) is 5.92 Å². The molecule has 1 aromatic rings. The second-order valence-electron chi connectivity index (χ2n) is 9.83. The van der Waals surface area contributed by atoms with Gasteiger partial charge in [-0.2, -0.15) is 0 Å². The Hall–Kier alpha value is -3.57. The number of aliphatic carboxylic acids is 1. The standard InChI is InChI=1S/C27H38N2O13S/c1-3-43(38,39)12-6-4-5-7-21(32)28-11-10-22(33)29-19-13-17(15-40-16(2)31)8-9-20(19)41-27-24(35)18(14-30)23(34)25(42-27)26(36)37/h3,8-9,13-14,18,22-25,27,29,33-35H,1,4-7,10-12,15H2,2H3,(H,28,32)(H,36,37)/t18-,22?,23-,24+,25-,27+/m0/s1. The third-order valence-corrected chi connectivity index (χ3v) is 7.80. The van der Waals surface area contributed by atoms with Crippen LogP contribution in [0.2, 0.25) is 0 Å². The molecule has 16 heteroatoms. The van der Waals surface area contributed by atoms with Gasteiger partial charge >= 0.3 is 11.9 Å². The Labute approximate surface area is 248 Å². The molecule has 1 unspecified atom stereocenters. The number of unbranched alkanes of at least 4 members (excludes halogenated alkanes) is 2. The largest absolute Gasteiger partial charge is 0.479 e. The Morgan fingerprint density at radius 2 is 1.88 bits per heavy atom. The van der Waals surface area contributed by atoms with E-state index < -0.39 is 58.5 Å². The van der Waals surface area contributed by atoms with E-state index in [0.717, 1.165) is 5.41 Å². The summed E-state index contributed by atoms with van der Waals surface area (Å²) in [4.78, 5) is 46.3. The number of aldehydes is 1. The van der Waals surface area contributed by atoms with Crippen molar-refractivity contribution in [3.8, 4) is 5.75 Å². The van der Waals surface area contributed by atoms with E-state index in [0.29, 0.717) is 24.8 Å². The fourth-order valence-corrected chi connectivity index (χ4v) is 4.86. The van der Waals surface area contributed by atoms with Crippen molar-refractivity contribution in [1.29, 1.82) is 0 Å². The Morgan fingerprint density at radius 1 is 1.16 bits per heavy atom. The Morgan fingerprint density at radius 3 is 2.51 bits per heavy atom. The van der Waals surface area contributed by atoms with Crippen molar-refractivity contribution < 1.29 is 62.2 Å². The Bertz CT molecular complexity index is 1240. The van der Waals surface area contributed by atoms with E-state index in [1.807, 2.05) is 0 Å². The Balaban J connectivity index is 2.02. The molecule has 0 bridgehead atoms. The molecule has 43 heavy (non-hydrogen) atoms. The van der Waals surface area contributed by atoms with Crippen LogP contribution in [-0.4, -0.2) is 96.1 Å². The topological polar surface area (TPSA) is 235 Å². The van der Waals surface area contributed by atoms with Crippen LogP contribution < -0.4 is 15.4 Å². The summed E-state index contributed by atoms with van der Waals surface area (Å²) < 4.78 is 38.7. The average molecular weight is 631 g/mol. The molecule has 1 aliphatic heterocycles. The van der Waals surface area contributed by atoms with Crippen LogP contribution in [0.25, 0.3) is 0 Å². The highest BCUT2D eigenvalue weighted by atomic mass is 32.2.